The third-order valence-electron chi connectivity index (χ3n) is 6.53. The van der Waals surface area contributed by atoms with Crippen LogP contribution in [0.5, 0.6) is 0 Å². The molecule has 0 spiro atoms. The largest absolute Gasteiger partial charge is 0.466 e. The molecule has 4 rings (SSSR count). The minimum Gasteiger partial charge on any atom is -0.466 e. The molecule has 0 radical (unpaired) electrons. The van der Waals surface area contributed by atoms with Crippen LogP contribution < -0.4 is 4.90 Å². The lowest BCUT2D eigenvalue weighted by Crippen LogP contribution is -2.35. The highest BCUT2D eigenvalue weighted by atomic mass is 19.1. The lowest BCUT2D eigenvalue weighted by atomic mass is 9.82. The van der Waals surface area contributed by atoms with Crippen molar-refractivity contribution in [2.45, 2.75) is 51.9 Å². The van der Waals surface area contributed by atoms with E-state index in [0.717, 1.165) is 12.1 Å². The summed E-state index contributed by atoms with van der Waals surface area (Å²) in [5.74, 6) is -0.446. The van der Waals surface area contributed by atoms with Crippen molar-refractivity contribution in [1.82, 2.24) is 4.98 Å². The van der Waals surface area contributed by atoms with Gasteiger partial charge in [0.25, 0.3) is 0 Å². The normalized spacial score (nSPS) is 17.5. The Bertz CT molecular complexity index is 898. The molecule has 1 aromatic heterocycles. The van der Waals surface area contributed by atoms with E-state index in [2.05, 4.69) is 4.98 Å². The van der Waals surface area contributed by atoms with Gasteiger partial charge >= 0.3 is 5.97 Å². The molecule has 166 valence electrons. The second-order valence-electron chi connectivity index (χ2n) is 8.74. The maximum Gasteiger partial charge on any atom is 0.306 e. The number of carbonyl (C=O) groups excluding carboxylic acids is 1. The number of hydrogen-bond donors (Lipinski definition) is 0. The van der Waals surface area contributed by atoms with Crippen LogP contribution in [0.25, 0.3) is 11.3 Å². The molecule has 1 aromatic carbocycles. The number of benzene rings is 1. The molecule has 0 unspecified atom stereocenters. The average Bonchev–Trinajstić information content (AvgIpc) is 2.72. The Morgan fingerprint density at radius 3 is 2.42 bits per heavy atom. The minimum absolute atomic E-state index is 0.0176. The van der Waals surface area contributed by atoms with Crippen LogP contribution >= 0.6 is 0 Å². The van der Waals surface area contributed by atoms with Crippen molar-refractivity contribution in [3.63, 3.8) is 0 Å². The fraction of sp³-hybridized carbons (Fsp3) is 0.520. The number of aromatic nitrogens is 1. The first-order chi connectivity index (χ1) is 15.0. The smallest absolute Gasteiger partial charge is 0.306 e. The molecule has 31 heavy (non-hydrogen) atoms. The number of hydrogen-bond acceptors (Lipinski definition) is 4. The molecule has 2 aliphatic rings. The molecule has 2 fully saturated rings. The van der Waals surface area contributed by atoms with Crippen LogP contribution in [-0.4, -0.2) is 30.6 Å². The summed E-state index contributed by atoms with van der Waals surface area (Å²) in [7, 11) is 0. The molecule has 1 saturated carbocycles. The molecular weight excluding hydrogens is 398 g/mol. The number of piperidine rings is 1. The SMILES string of the molecule is CCOC(=O)CC1CCN(c2c(F)cc(-c3cccc(CC4CCC4)n3)cc2F)CC1. The molecule has 6 heteroatoms. The summed E-state index contributed by atoms with van der Waals surface area (Å²) in [6.07, 6.45) is 6.48. The maximum absolute atomic E-state index is 15.0. The van der Waals surface area contributed by atoms with Gasteiger partial charge in [-0.25, -0.2) is 8.78 Å². The highest BCUT2D eigenvalue weighted by molar-refractivity contribution is 5.69. The quantitative estimate of drug-likeness (QED) is 0.543. The van der Waals surface area contributed by atoms with Crippen LogP contribution in [-0.2, 0) is 16.0 Å². The van der Waals surface area contributed by atoms with Gasteiger partial charge in [-0.1, -0.05) is 25.3 Å². The van der Waals surface area contributed by atoms with E-state index < -0.39 is 11.6 Å². The third kappa shape index (κ3) is 5.23. The minimum atomic E-state index is -0.565. The van der Waals surface area contributed by atoms with Crippen molar-refractivity contribution in [3.05, 3.63) is 47.7 Å². The van der Waals surface area contributed by atoms with Gasteiger partial charge < -0.3 is 9.64 Å². The molecule has 1 aliphatic carbocycles. The Balaban J connectivity index is 1.44. The number of rotatable bonds is 7. The highest BCUT2D eigenvalue weighted by Crippen LogP contribution is 2.33. The Hall–Kier alpha value is -2.50. The lowest BCUT2D eigenvalue weighted by molar-refractivity contribution is -0.144. The maximum atomic E-state index is 15.0. The summed E-state index contributed by atoms with van der Waals surface area (Å²) in [4.78, 5) is 18.1. The molecule has 2 heterocycles. The van der Waals surface area contributed by atoms with E-state index in [0.29, 0.717) is 56.1 Å². The Morgan fingerprint density at radius 2 is 1.81 bits per heavy atom. The monoisotopic (exact) mass is 428 g/mol. The Morgan fingerprint density at radius 1 is 1.10 bits per heavy atom. The van der Waals surface area contributed by atoms with Crippen molar-refractivity contribution < 1.29 is 18.3 Å². The van der Waals surface area contributed by atoms with E-state index in [9.17, 15) is 13.6 Å². The molecular formula is C25H30F2N2O2. The van der Waals surface area contributed by atoms with Crippen LogP contribution in [0.2, 0.25) is 0 Å². The first-order valence-electron chi connectivity index (χ1n) is 11.4. The molecule has 0 N–H and O–H groups in total. The van der Waals surface area contributed by atoms with Crippen LogP contribution in [0.4, 0.5) is 14.5 Å². The zero-order valence-corrected chi connectivity index (χ0v) is 18.1. The molecule has 4 nitrogen and oxygen atoms in total. The summed E-state index contributed by atoms with van der Waals surface area (Å²) in [5, 5.41) is 0. The van der Waals surface area contributed by atoms with Crippen molar-refractivity contribution in [3.8, 4) is 11.3 Å². The van der Waals surface area contributed by atoms with Crippen molar-refractivity contribution in [2.24, 2.45) is 11.8 Å². The van der Waals surface area contributed by atoms with Gasteiger partial charge in [0.1, 0.15) is 17.3 Å². The molecule has 1 aliphatic heterocycles. The van der Waals surface area contributed by atoms with E-state index in [4.69, 9.17) is 4.74 Å². The summed E-state index contributed by atoms with van der Waals surface area (Å²) in [6, 6.07) is 8.48. The summed E-state index contributed by atoms with van der Waals surface area (Å²) < 4.78 is 35.0. The van der Waals surface area contributed by atoms with E-state index in [1.165, 1.54) is 31.4 Å². The van der Waals surface area contributed by atoms with Gasteiger partial charge in [-0.05, 0) is 62.3 Å². The van der Waals surface area contributed by atoms with Crippen molar-refractivity contribution >= 4 is 11.7 Å². The van der Waals surface area contributed by atoms with Gasteiger partial charge in [-0.3, -0.25) is 9.78 Å². The van der Waals surface area contributed by atoms with Crippen LogP contribution in [0.1, 0.15) is 51.1 Å². The number of halogens is 2. The second kappa shape index (κ2) is 9.75. The third-order valence-corrected chi connectivity index (χ3v) is 6.53. The van der Waals surface area contributed by atoms with E-state index in [1.54, 1.807) is 17.9 Å². The number of pyridine rings is 1. The van der Waals surface area contributed by atoms with Gasteiger partial charge in [0, 0.05) is 30.8 Å². The lowest BCUT2D eigenvalue weighted by Gasteiger charge is -2.33. The average molecular weight is 429 g/mol. The van der Waals surface area contributed by atoms with Crippen LogP contribution in [0.3, 0.4) is 0 Å². The van der Waals surface area contributed by atoms with Crippen LogP contribution in [0.15, 0.2) is 30.3 Å². The first-order valence-corrected chi connectivity index (χ1v) is 11.4. The van der Waals surface area contributed by atoms with Crippen LogP contribution in [0, 0.1) is 23.5 Å². The second-order valence-corrected chi connectivity index (χ2v) is 8.74. The van der Waals surface area contributed by atoms with Gasteiger partial charge in [0.15, 0.2) is 0 Å². The highest BCUT2D eigenvalue weighted by Gasteiger charge is 2.26. The van der Waals surface area contributed by atoms with E-state index >= 15 is 0 Å². The van der Waals surface area contributed by atoms with Gasteiger partial charge in [0.05, 0.1) is 12.3 Å². The fourth-order valence-corrected chi connectivity index (χ4v) is 4.58. The fourth-order valence-electron chi connectivity index (χ4n) is 4.58. The van der Waals surface area contributed by atoms with Crippen molar-refractivity contribution in [2.75, 3.05) is 24.6 Å². The number of carbonyl (C=O) groups is 1. The topological polar surface area (TPSA) is 42.4 Å². The first kappa shape index (κ1) is 21.7. The number of ether oxygens (including phenoxy) is 1. The zero-order valence-electron chi connectivity index (χ0n) is 18.1. The molecule has 0 atom stereocenters. The predicted molar refractivity (Wildman–Crippen MR) is 117 cm³/mol. The van der Waals surface area contributed by atoms with Gasteiger partial charge in [0.2, 0.25) is 0 Å². The standard InChI is InChI=1S/C25H30F2N2O2/c1-2-31-24(30)14-18-9-11-29(12-10-18)25-21(26)15-19(16-22(25)27)23-8-4-7-20(28-23)13-17-5-3-6-17/h4,7-8,15-18H,2-3,5-6,9-14H2,1H3. The summed E-state index contributed by atoms with van der Waals surface area (Å²) in [5.41, 5.74) is 2.07. The number of anilines is 1. The predicted octanol–water partition coefficient (Wildman–Crippen LogP) is 5.54. The zero-order chi connectivity index (χ0) is 21.8. The van der Waals surface area contributed by atoms with Gasteiger partial charge in [-0.2, -0.15) is 0 Å². The number of esters is 1. The Kier molecular flexibility index (Phi) is 6.83. The molecule has 0 bridgehead atoms. The van der Waals surface area contributed by atoms with Gasteiger partial charge in [-0.15, -0.1) is 0 Å². The Labute approximate surface area is 182 Å². The summed E-state index contributed by atoms with van der Waals surface area (Å²) in [6.45, 7) is 3.20. The summed E-state index contributed by atoms with van der Waals surface area (Å²) >= 11 is 0. The van der Waals surface area contributed by atoms with E-state index in [-0.39, 0.29) is 17.6 Å². The van der Waals surface area contributed by atoms with Crippen molar-refractivity contribution in [1.29, 1.82) is 0 Å². The molecule has 1 saturated heterocycles. The molecule has 0 amide bonds. The molecule has 2 aromatic rings. The van der Waals surface area contributed by atoms with E-state index in [1.807, 2.05) is 12.1 Å². The number of nitrogens with zero attached hydrogens (tertiary/aromatic N) is 2.